The van der Waals surface area contributed by atoms with Crippen molar-refractivity contribution >= 4 is 17.7 Å². The number of amides is 2. The summed E-state index contributed by atoms with van der Waals surface area (Å²) in [4.78, 5) is 21.6. The third-order valence-electron chi connectivity index (χ3n) is 1.68. The normalized spacial score (nSPS) is 9.40. The molecule has 0 atom stereocenters. The fraction of sp³-hybridized carbons (Fsp3) is 0.100. The fourth-order valence-electron chi connectivity index (χ4n) is 0.985. The zero-order valence-electron chi connectivity index (χ0n) is 7.99. The zero-order valence-corrected chi connectivity index (χ0v) is 7.99. The van der Waals surface area contributed by atoms with Gasteiger partial charge in [0, 0.05) is 12.2 Å². The molecule has 1 aromatic carbocycles. The van der Waals surface area contributed by atoms with Gasteiger partial charge in [0.2, 0.25) is 0 Å². The van der Waals surface area contributed by atoms with Gasteiger partial charge in [0.05, 0.1) is 5.56 Å². The number of hydrogen-bond donors (Lipinski definition) is 3. The Balaban J connectivity index is 2.64. The molecule has 0 aliphatic carbocycles. The number of carbonyl (C=O) groups excluding carboxylic acids is 1. The van der Waals surface area contributed by atoms with Crippen molar-refractivity contribution in [2.24, 2.45) is 0 Å². The van der Waals surface area contributed by atoms with Gasteiger partial charge in [0.25, 0.3) is 0 Å². The van der Waals surface area contributed by atoms with Gasteiger partial charge >= 0.3 is 12.0 Å². The SMILES string of the molecule is [CH2]CNC(=O)Nc1ccc(C(=O)O)cc1. The van der Waals surface area contributed by atoms with Crippen molar-refractivity contribution < 1.29 is 14.7 Å². The predicted octanol–water partition coefficient (Wildman–Crippen LogP) is 1.34. The highest BCUT2D eigenvalue weighted by Gasteiger charge is 2.03. The summed E-state index contributed by atoms with van der Waals surface area (Å²) in [5.74, 6) is -0.997. The molecule has 0 fully saturated rings. The van der Waals surface area contributed by atoms with Crippen molar-refractivity contribution in [3.63, 3.8) is 0 Å². The Bertz CT molecular complexity index is 359. The van der Waals surface area contributed by atoms with Crippen LogP contribution in [0.25, 0.3) is 0 Å². The lowest BCUT2D eigenvalue weighted by molar-refractivity contribution is 0.0697. The van der Waals surface area contributed by atoms with Crippen LogP contribution in [-0.2, 0) is 0 Å². The Morgan fingerprint density at radius 3 is 2.33 bits per heavy atom. The molecule has 15 heavy (non-hydrogen) atoms. The van der Waals surface area contributed by atoms with E-state index in [0.717, 1.165) is 0 Å². The molecule has 0 aliphatic rings. The maximum atomic E-state index is 11.1. The molecule has 0 heterocycles. The van der Waals surface area contributed by atoms with Crippen molar-refractivity contribution in [2.45, 2.75) is 0 Å². The van der Waals surface area contributed by atoms with Crippen LogP contribution in [0.2, 0.25) is 0 Å². The number of urea groups is 1. The smallest absolute Gasteiger partial charge is 0.335 e. The Labute approximate surface area is 87.1 Å². The van der Waals surface area contributed by atoms with E-state index in [-0.39, 0.29) is 11.6 Å². The summed E-state index contributed by atoms with van der Waals surface area (Å²) in [5.41, 5.74) is 0.712. The molecule has 0 saturated heterocycles. The van der Waals surface area contributed by atoms with Gasteiger partial charge in [-0.05, 0) is 31.2 Å². The molecule has 0 unspecified atom stereocenters. The molecule has 0 aromatic heterocycles. The van der Waals surface area contributed by atoms with Gasteiger partial charge in [-0.2, -0.15) is 0 Å². The van der Waals surface area contributed by atoms with Gasteiger partial charge in [-0.3, -0.25) is 0 Å². The van der Waals surface area contributed by atoms with E-state index >= 15 is 0 Å². The maximum absolute atomic E-state index is 11.1. The van der Waals surface area contributed by atoms with Crippen molar-refractivity contribution in [3.8, 4) is 0 Å². The zero-order chi connectivity index (χ0) is 11.3. The Morgan fingerprint density at radius 2 is 1.87 bits per heavy atom. The van der Waals surface area contributed by atoms with Crippen molar-refractivity contribution in [1.82, 2.24) is 5.32 Å². The number of nitrogens with one attached hydrogen (secondary N) is 2. The maximum Gasteiger partial charge on any atom is 0.335 e. The largest absolute Gasteiger partial charge is 0.478 e. The standard InChI is InChI=1S/C10H11N2O3/c1-2-11-10(15)12-8-5-3-7(4-6-8)9(13)14/h3-6H,1-2H2,(H,13,14)(H2,11,12,15). The fourth-order valence-corrected chi connectivity index (χ4v) is 0.985. The molecule has 0 bridgehead atoms. The van der Waals surface area contributed by atoms with Crippen LogP contribution in [0.4, 0.5) is 10.5 Å². The molecule has 0 aliphatic heterocycles. The second kappa shape index (κ2) is 4.99. The molecule has 79 valence electrons. The second-order valence-corrected chi connectivity index (χ2v) is 2.76. The van der Waals surface area contributed by atoms with E-state index in [1.165, 1.54) is 24.3 Å². The van der Waals surface area contributed by atoms with Gasteiger partial charge in [-0.1, -0.05) is 0 Å². The van der Waals surface area contributed by atoms with E-state index in [2.05, 4.69) is 17.6 Å². The van der Waals surface area contributed by atoms with Crippen LogP contribution < -0.4 is 10.6 Å². The molecular weight excluding hydrogens is 196 g/mol. The monoisotopic (exact) mass is 207 g/mol. The number of rotatable bonds is 3. The van der Waals surface area contributed by atoms with Crippen LogP contribution in [0, 0.1) is 6.92 Å². The highest BCUT2D eigenvalue weighted by molar-refractivity contribution is 5.91. The highest BCUT2D eigenvalue weighted by atomic mass is 16.4. The molecule has 3 N–H and O–H groups in total. The average Bonchev–Trinajstić information content (AvgIpc) is 2.18. The summed E-state index contributed by atoms with van der Waals surface area (Å²) in [7, 11) is 0. The van der Waals surface area contributed by atoms with Crippen molar-refractivity contribution in [2.75, 3.05) is 11.9 Å². The molecule has 5 heteroatoms. The van der Waals surface area contributed by atoms with E-state index in [0.29, 0.717) is 12.2 Å². The van der Waals surface area contributed by atoms with Crippen LogP contribution >= 0.6 is 0 Å². The third-order valence-corrected chi connectivity index (χ3v) is 1.68. The molecule has 1 radical (unpaired) electrons. The third kappa shape index (κ3) is 3.30. The molecule has 0 spiro atoms. The van der Waals surface area contributed by atoms with Gasteiger partial charge in [-0.15, -0.1) is 0 Å². The van der Waals surface area contributed by atoms with Crippen LogP contribution in [0.1, 0.15) is 10.4 Å². The predicted molar refractivity (Wildman–Crippen MR) is 55.8 cm³/mol. The lowest BCUT2D eigenvalue weighted by Crippen LogP contribution is -2.28. The van der Waals surface area contributed by atoms with Crippen LogP contribution in [0.15, 0.2) is 24.3 Å². The van der Waals surface area contributed by atoms with Gasteiger partial charge in [0.1, 0.15) is 0 Å². The second-order valence-electron chi connectivity index (χ2n) is 2.76. The number of carboxylic acid groups (broad SMARTS) is 1. The highest BCUT2D eigenvalue weighted by Crippen LogP contribution is 2.09. The first-order valence-electron chi connectivity index (χ1n) is 4.31. The molecule has 0 saturated carbocycles. The summed E-state index contributed by atoms with van der Waals surface area (Å²) < 4.78 is 0. The van der Waals surface area contributed by atoms with Crippen molar-refractivity contribution in [1.29, 1.82) is 0 Å². The lowest BCUT2D eigenvalue weighted by atomic mass is 10.2. The van der Waals surface area contributed by atoms with E-state index in [9.17, 15) is 9.59 Å². The number of carboxylic acids is 1. The van der Waals surface area contributed by atoms with E-state index in [1.807, 2.05) is 0 Å². The van der Waals surface area contributed by atoms with Gasteiger partial charge in [-0.25, -0.2) is 9.59 Å². The first kappa shape index (κ1) is 11.0. The summed E-state index contributed by atoms with van der Waals surface area (Å²) in [6.45, 7) is 3.75. The summed E-state index contributed by atoms with van der Waals surface area (Å²) in [6, 6.07) is 5.51. The van der Waals surface area contributed by atoms with Crippen LogP contribution in [0.5, 0.6) is 0 Å². The van der Waals surface area contributed by atoms with Crippen LogP contribution in [0.3, 0.4) is 0 Å². The number of carbonyl (C=O) groups is 2. The quantitative estimate of drug-likeness (QED) is 0.699. The Kier molecular flexibility index (Phi) is 3.68. The number of hydrogen-bond acceptors (Lipinski definition) is 2. The molecular formula is C10H11N2O3. The summed E-state index contributed by atoms with van der Waals surface area (Å²) in [6.07, 6.45) is 0. The topological polar surface area (TPSA) is 78.4 Å². The minimum Gasteiger partial charge on any atom is -0.478 e. The average molecular weight is 207 g/mol. The minimum absolute atomic E-state index is 0.179. The van der Waals surface area contributed by atoms with Gasteiger partial charge in [0.15, 0.2) is 0 Å². The molecule has 5 nitrogen and oxygen atoms in total. The summed E-state index contributed by atoms with van der Waals surface area (Å²) in [5, 5.41) is 13.6. The first-order chi connectivity index (χ1) is 7.13. The minimum atomic E-state index is -0.997. The van der Waals surface area contributed by atoms with E-state index < -0.39 is 5.97 Å². The van der Waals surface area contributed by atoms with Crippen molar-refractivity contribution in [3.05, 3.63) is 36.8 Å². The molecule has 1 rings (SSSR count). The van der Waals surface area contributed by atoms with Crippen LogP contribution in [-0.4, -0.2) is 23.7 Å². The number of benzene rings is 1. The first-order valence-corrected chi connectivity index (χ1v) is 4.31. The summed E-state index contributed by atoms with van der Waals surface area (Å²) >= 11 is 0. The molecule has 2 amide bonds. The van der Waals surface area contributed by atoms with E-state index in [4.69, 9.17) is 5.11 Å². The van der Waals surface area contributed by atoms with E-state index in [1.54, 1.807) is 0 Å². The Hall–Kier alpha value is -2.04. The molecule has 1 aromatic rings. The number of aromatic carboxylic acids is 1. The van der Waals surface area contributed by atoms with Gasteiger partial charge < -0.3 is 15.7 Å². The number of anilines is 1. The Morgan fingerprint density at radius 1 is 1.27 bits per heavy atom. The lowest BCUT2D eigenvalue weighted by Gasteiger charge is -2.05.